The van der Waals surface area contributed by atoms with E-state index in [2.05, 4.69) is 19.7 Å². The minimum atomic E-state index is -4.76. The normalized spacial score (nSPS) is 16.2. The second-order valence-corrected chi connectivity index (χ2v) is 8.17. The predicted octanol–water partition coefficient (Wildman–Crippen LogP) is 4.45. The van der Waals surface area contributed by atoms with E-state index in [1.807, 2.05) is 13.0 Å². The van der Waals surface area contributed by atoms with E-state index >= 15 is 0 Å². The Kier molecular flexibility index (Phi) is 6.55. The van der Waals surface area contributed by atoms with Gasteiger partial charge in [0.25, 0.3) is 5.91 Å². The van der Waals surface area contributed by atoms with Gasteiger partial charge in [-0.1, -0.05) is 0 Å². The number of alkyl halides is 3. The monoisotopic (exact) mass is 462 g/mol. The Bertz CT molecular complexity index is 1110. The van der Waals surface area contributed by atoms with Crippen molar-refractivity contribution in [1.82, 2.24) is 19.9 Å². The molecule has 10 heteroatoms. The molecule has 3 aromatic rings. The van der Waals surface area contributed by atoms with E-state index in [-0.39, 0.29) is 23.7 Å². The van der Waals surface area contributed by atoms with E-state index in [1.165, 1.54) is 12.1 Å². The molecule has 1 atom stereocenters. The number of ether oxygens (including phenoxy) is 2. The van der Waals surface area contributed by atoms with Gasteiger partial charge in [0, 0.05) is 38.4 Å². The highest BCUT2D eigenvalue weighted by molar-refractivity contribution is 5.94. The first-order chi connectivity index (χ1) is 15.7. The molecular formula is C23H25F3N4O3. The Morgan fingerprint density at radius 3 is 2.55 bits per heavy atom. The number of hydrogen-bond donors (Lipinski definition) is 1. The van der Waals surface area contributed by atoms with Crippen molar-refractivity contribution < 1.29 is 27.4 Å². The number of amides is 1. The van der Waals surface area contributed by atoms with Crippen molar-refractivity contribution in [2.45, 2.75) is 44.6 Å². The highest BCUT2D eigenvalue weighted by Crippen LogP contribution is 2.32. The second kappa shape index (κ2) is 9.38. The molecule has 0 aliphatic carbocycles. The molecule has 1 amide bonds. The first-order valence-corrected chi connectivity index (χ1v) is 10.7. The number of rotatable bonds is 6. The van der Waals surface area contributed by atoms with Gasteiger partial charge in [0.1, 0.15) is 11.6 Å². The summed E-state index contributed by atoms with van der Waals surface area (Å²) in [6.07, 6.45) is -0.775. The number of aromatic nitrogens is 3. The van der Waals surface area contributed by atoms with E-state index in [0.29, 0.717) is 30.7 Å². The quantitative estimate of drug-likeness (QED) is 0.585. The van der Waals surface area contributed by atoms with Gasteiger partial charge in [-0.25, -0.2) is 9.97 Å². The molecule has 1 N–H and O–H groups in total. The fourth-order valence-corrected chi connectivity index (χ4v) is 4.15. The first-order valence-electron chi connectivity index (χ1n) is 10.7. The Hall–Kier alpha value is -3.14. The average molecular weight is 462 g/mol. The molecule has 176 valence electrons. The van der Waals surface area contributed by atoms with Crippen LogP contribution >= 0.6 is 0 Å². The van der Waals surface area contributed by atoms with Gasteiger partial charge >= 0.3 is 6.36 Å². The number of benzene rings is 1. The summed E-state index contributed by atoms with van der Waals surface area (Å²) in [6.45, 7) is 3.08. The number of pyridine rings is 1. The maximum Gasteiger partial charge on any atom is 0.573 e. The summed E-state index contributed by atoms with van der Waals surface area (Å²) in [5, 5.41) is 0. The third kappa shape index (κ3) is 5.44. The number of aromatic amines is 1. The van der Waals surface area contributed by atoms with Crippen LogP contribution in [-0.2, 0) is 11.2 Å². The SMILES string of the molecule is CO[C@@H](C)Cc1nc2nccc(C3CCN(C(=O)c4ccc(OC(F)(F)F)cc4)CC3)c2[nH]1. The van der Waals surface area contributed by atoms with Crippen LogP contribution in [0, 0.1) is 0 Å². The van der Waals surface area contributed by atoms with Gasteiger partial charge in [-0.3, -0.25) is 4.79 Å². The minimum absolute atomic E-state index is 0.0392. The van der Waals surface area contributed by atoms with Crippen molar-refractivity contribution in [1.29, 1.82) is 0 Å². The van der Waals surface area contributed by atoms with Crippen LogP contribution in [0.2, 0.25) is 0 Å². The van der Waals surface area contributed by atoms with Gasteiger partial charge < -0.3 is 19.4 Å². The topological polar surface area (TPSA) is 80.3 Å². The molecule has 1 aromatic carbocycles. The lowest BCUT2D eigenvalue weighted by molar-refractivity contribution is -0.274. The van der Waals surface area contributed by atoms with Gasteiger partial charge in [0.05, 0.1) is 11.6 Å². The molecule has 2 aromatic heterocycles. The Balaban J connectivity index is 1.41. The first kappa shape index (κ1) is 23.0. The number of imidazole rings is 1. The highest BCUT2D eigenvalue weighted by atomic mass is 19.4. The molecule has 0 bridgehead atoms. The van der Waals surface area contributed by atoms with Crippen molar-refractivity contribution in [2.24, 2.45) is 0 Å². The zero-order valence-electron chi connectivity index (χ0n) is 18.4. The molecule has 1 saturated heterocycles. The van der Waals surface area contributed by atoms with E-state index in [0.717, 1.165) is 41.9 Å². The molecule has 0 radical (unpaired) electrons. The van der Waals surface area contributed by atoms with Crippen LogP contribution in [0.3, 0.4) is 0 Å². The largest absolute Gasteiger partial charge is 0.573 e. The van der Waals surface area contributed by atoms with Crippen LogP contribution < -0.4 is 4.74 Å². The fourth-order valence-electron chi connectivity index (χ4n) is 4.15. The summed E-state index contributed by atoms with van der Waals surface area (Å²) in [6, 6.07) is 7.01. The third-order valence-corrected chi connectivity index (χ3v) is 5.91. The molecule has 0 unspecified atom stereocenters. The van der Waals surface area contributed by atoms with Crippen LogP contribution in [0.1, 0.15) is 47.4 Å². The molecule has 4 rings (SSSR count). The van der Waals surface area contributed by atoms with E-state index < -0.39 is 6.36 Å². The second-order valence-electron chi connectivity index (χ2n) is 8.17. The number of piperidine rings is 1. The summed E-state index contributed by atoms with van der Waals surface area (Å²) in [7, 11) is 1.66. The zero-order chi connectivity index (χ0) is 23.6. The molecule has 7 nitrogen and oxygen atoms in total. The summed E-state index contributed by atoms with van der Waals surface area (Å²) >= 11 is 0. The number of nitrogens with zero attached hydrogens (tertiary/aromatic N) is 3. The number of methoxy groups -OCH3 is 1. The average Bonchev–Trinajstić information content (AvgIpc) is 3.20. The number of carbonyl (C=O) groups is 1. The number of fused-ring (bicyclic) bond motifs is 1. The van der Waals surface area contributed by atoms with Crippen molar-refractivity contribution in [3.05, 3.63) is 53.5 Å². The molecule has 0 saturated carbocycles. The highest BCUT2D eigenvalue weighted by Gasteiger charge is 2.31. The van der Waals surface area contributed by atoms with Crippen LogP contribution in [-0.4, -0.2) is 58.4 Å². The van der Waals surface area contributed by atoms with Crippen molar-refractivity contribution in [2.75, 3.05) is 20.2 Å². The Labute approximate surface area is 188 Å². The Morgan fingerprint density at radius 2 is 1.91 bits per heavy atom. The number of halogens is 3. The smallest absolute Gasteiger partial charge is 0.406 e. The van der Waals surface area contributed by atoms with E-state index in [1.54, 1.807) is 18.2 Å². The zero-order valence-corrected chi connectivity index (χ0v) is 18.4. The van der Waals surface area contributed by atoms with E-state index in [4.69, 9.17) is 4.74 Å². The number of hydrogen-bond acceptors (Lipinski definition) is 5. The molecule has 1 aliphatic heterocycles. The lowest BCUT2D eigenvalue weighted by Crippen LogP contribution is -2.38. The molecule has 1 fully saturated rings. The van der Waals surface area contributed by atoms with Crippen molar-refractivity contribution in [3.8, 4) is 5.75 Å². The molecule has 3 heterocycles. The van der Waals surface area contributed by atoms with Crippen molar-refractivity contribution in [3.63, 3.8) is 0 Å². The molecular weight excluding hydrogens is 437 g/mol. The van der Waals surface area contributed by atoms with Gasteiger partial charge in [-0.05, 0) is 61.6 Å². The van der Waals surface area contributed by atoms with Gasteiger partial charge in [-0.15, -0.1) is 13.2 Å². The number of H-pyrrole nitrogens is 1. The van der Waals surface area contributed by atoms with Crippen LogP contribution in [0.25, 0.3) is 11.2 Å². The lowest BCUT2D eigenvalue weighted by Gasteiger charge is -2.32. The van der Waals surface area contributed by atoms with Gasteiger partial charge in [0.15, 0.2) is 5.65 Å². The molecule has 0 spiro atoms. The summed E-state index contributed by atoms with van der Waals surface area (Å²) < 4.78 is 46.2. The summed E-state index contributed by atoms with van der Waals surface area (Å²) in [4.78, 5) is 26.9. The van der Waals surface area contributed by atoms with Gasteiger partial charge in [0.2, 0.25) is 0 Å². The molecule has 1 aliphatic rings. The maximum absolute atomic E-state index is 12.8. The van der Waals surface area contributed by atoms with Crippen molar-refractivity contribution >= 4 is 17.1 Å². The summed E-state index contributed by atoms with van der Waals surface area (Å²) in [5.41, 5.74) is 3.05. The Morgan fingerprint density at radius 1 is 1.21 bits per heavy atom. The minimum Gasteiger partial charge on any atom is -0.406 e. The van der Waals surface area contributed by atoms with Gasteiger partial charge in [-0.2, -0.15) is 0 Å². The maximum atomic E-state index is 12.8. The number of carbonyl (C=O) groups excluding carboxylic acids is 1. The van der Waals surface area contributed by atoms with Crippen LogP contribution in [0.4, 0.5) is 13.2 Å². The standard InChI is InChI=1S/C23H25F3N4O3/c1-14(32-2)13-19-28-20-18(7-10-27-21(20)29-19)15-8-11-30(12-9-15)22(31)16-3-5-17(6-4-16)33-23(24,25)26/h3-7,10,14-15H,8-9,11-13H2,1-2H3,(H,27,28,29)/t14-/m0/s1. The summed E-state index contributed by atoms with van der Waals surface area (Å²) in [5.74, 6) is 0.516. The molecule has 33 heavy (non-hydrogen) atoms. The number of nitrogens with one attached hydrogen (secondary N) is 1. The third-order valence-electron chi connectivity index (χ3n) is 5.91. The van der Waals surface area contributed by atoms with Crippen LogP contribution in [0.5, 0.6) is 5.75 Å². The van der Waals surface area contributed by atoms with Crippen LogP contribution in [0.15, 0.2) is 36.5 Å². The van der Waals surface area contributed by atoms with E-state index in [9.17, 15) is 18.0 Å². The fraction of sp³-hybridized carbons (Fsp3) is 0.435. The lowest BCUT2D eigenvalue weighted by atomic mass is 9.89. The predicted molar refractivity (Wildman–Crippen MR) is 115 cm³/mol. The number of likely N-dealkylation sites (tertiary alicyclic amines) is 1.